The van der Waals surface area contributed by atoms with Crippen LogP contribution < -0.4 is 0 Å². The molecule has 0 saturated heterocycles. The molecule has 5 nitrogen and oxygen atoms in total. The van der Waals surface area contributed by atoms with Crippen molar-refractivity contribution >= 4 is 17.4 Å². The Morgan fingerprint density at radius 2 is 1.61 bits per heavy atom. The van der Waals surface area contributed by atoms with Crippen molar-refractivity contribution in [3.63, 3.8) is 0 Å². The van der Waals surface area contributed by atoms with Crippen molar-refractivity contribution in [1.29, 1.82) is 0 Å². The van der Waals surface area contributed by atoms with E-state index in [2.05, 4.69) is 4.98 Å². The van der Waals surface area contributed by atoms with Crippen LogP contribution in [0, 0.1) is 5.82 Å². The Hall–Kier alpha value is -3.80. The Morgan fingerprint density at radius 1 is 0.903 bits per heavy atom. The Morgan fingerprint density at radius 3 is 2.26 bits per heavy atom. The van der Waals surface area contributed by atoms with Crippen molar-refractivity contribution in [1.82, 2.24) is 14.8 Å². The van der Waals surface area contributed by atoms with Crippen LogP contribution in [0.4, 0.5) is 4.39 Å². The van der Waals surface area contributed by atoms with Crippen LogP contribution in [0.5, 0.6) is 0 Å². The zero-order valence-electron chi connectivity index (χ0n) is 17.2. The molecule has 0 fully saturated rings. The third-order valence-corrected chi connectivity index (χ3v) is 5.25. The molecule has 1 aromatic heterocycles. The average molecular weight is 415 g/mol. The molecule has 1 aliphatic heterocycles. The molecule has 2 amide bonds. The van der Waals surface area contributed by atoms with Crippen LogP contribution in [-0.2, 0) is 22.7 Å². The Balaban J connectivity index is 1.76. The normalized spacial score (nSPS) is 13.8. The summed E-state index contributed by atoms with van der Waals surface area (Å²) in [4.78, 5) is 34.1. The van der Waals surface area contributed by atoms with E-state index in [1.165, 1.54) is 17.0 Å². The number of rotatable bonds is 7. The molecule has 1 aliphatic rings. The lowest BCUT2D eigenvalue weighted by atomic mass is 10.0. The van der Waals surface area contributed by atoms with Gasteiger partial charge in [0.15, 0.2) is 0 Å². The maximum Gasteiger partial charge on any atom is 0.278 e. The van der Waals surface area contributed by atoms with Crippen LogP contribution >= 0.6 is 0 Å². The van der Waals surface area contributed by atoms with Gasteiger partial charge in [0.1, 0.15) is 11.5 Å². The molecule has 6 heteroatoms. The smallest absolute Gasteiger partial charge is 0.278 e. The standard InChI is InChI=1S/C25H22FN3O2/c1-2-28(16-18-7-4-3-5-8-18)23-22(20-10-12-21(26)13-11-20)24(30)29(25(23)31)17-19-9-6-14-27-15-19/h3-15H,2,16-17H2,1H3. The van der Waals surface area contributed by atoms with Crippen LogP contribution in [-0.4, -0.2) is 33.1 Å². The average Bonchev–Trinajstić information content (AvgIpc) is 3.04. The second-order valence-electron chi connectivity index (χ2n) is 7.29. The summed E-state index contributed by atoms with van der Waals surface area (Å²) in [6, 6.07) is 19.1. The number of carbonyl (C=O) groups excluding carboxylic acids is 2. The van der Waals surface area contributed by atoms with Crippen LogP contribution in [0.2, 0.25) is 0 Å². The first-order chi connectivity index (χ1) is 15.1. The zero-order valence-corrected chi connectivity index (χ0v) is 17.2. The fourth-order valence-electron chi connectivity index (χ4n) is 3.70. The zero-order chi connectivity index (χ0) is 21.8. The summed E-state index contributed by atoms with van der Waals surface area (Å²) >= 11 is 0. The van der Waals surface area contributed by atoms with Crippen molar-refractivity contribution < 1.29 is 14.0 Å². The molecule has 0 spiro atoms. The van der Waals surface area contributed by atoms with Gasteiger partial charge in [0, 0.05) is 25.5 Å². The molecule has 0 atom stereocenters. The molecular weight excluding hydrogens is 393 g/mol. The van der Waals surface area contributed by atoms with Crippen molar-refractivity contribution in [3.05, 3.63) is 107 Å². The molecule has 3 aromatic rings. The molecule has 156 valence electrons. The van der Waals surface area contributed by atoms with Gasteiger partial charge in [0.05, 0.1) is 12.1 Å². The fourth-order valence-corrected chi connectivity index (χ4v) is 3.70. The fraction of sp³-hybridized carbons (Fsp3) is 0.160. The summed E-state index contributed by atoms with van der Waals surface area (Å²) in [6.07, 6.45) is 3.28. The van der Waals surface area contributed by atoms with Gasteiger partial charge in [0.25, 0.3) is 11.8 Å². The number of halogens is 1. The molecule has 0 radical (unpaired) electrons. The van der Waals surface area contributed by atoms with E-state index in [1.807, 2.05) is 48.2 Å². The molecule has 4 rings (SSSR count). The topological polar surface area (TPSA) is 53.5 Å². The number of pyridine rings is 1. The lowest BCUT2D eigenvalue weighted by Crippen LogP contribution is -2.34. The van der Waals surface area contributed by atoms with Crippen molar-refractivity contribution in [3.8, 4) is 0 Å². The van der Waals surface area contributed by atoms with E-state index in [9.17, 15) is 14.0 Å². The lowest BCUT2D eigenvalue weighted by molar-refractivity contribution is -0.138. The minimum absolute atomic E-state index is 0.128. The maximum absolute atomic E-state index is 13.5. The van der Waals surface area contributed by atoms with Gasteiger partial charge in [-0.3, -0.25) is 19.5 Å². The monoisotopic (exact) mass is 415 g/mol. The number of hydrogen-bond acceptors (Lipinski definition) is 4. The number of carbonyl (C=O) groups is 2. The summed E-state index contributed by atoms with van der Waals surface area (Å²) in [7, 11) is 0. The number of imide groups is 1. The quantitative estimate of drug-likeness (QED) is 0.547. The number of nitrogens with zero attached hydrogens (tertiary/aromatic N) is 3. The Kier molecular flexibility index (Phi) is 5.89. The summed E-state index contributed by atoms with van der Waals surface area (Å²) in [5, 5.41) is 0. The van der Waals surface area contributed by atoms with Gasteiger partial charge in [-0.2, -0.15) is 0 Å². The van der Waals surface area contributed by atoms with Gasteiger partial charge < -0.3 is 4.90 Å². The van der Waals surface area contributed by atoms with E-state index in [-0.39, 0.29) is 18.4 Å². The van der Waals surface area contributed by atoms with E-state index in [0.717, 1.165) is 11.1 Å². The highest BCUT2D eigenvalue weighted by atomic mass is 19.1. The third-order valence-electron chi connectivity index (χ3n) is 5.25. The molecule has 2 aromatic carbocycles. The number of amides is 2. The first-order valence-electron chi connectivity index (χ1n) is 10.1. The molecule has 0 saturated carbocycles. The first kappa shape index (κ1) is 20.5. The van der Waals surface area contributed by atoms with E-state index in [4.69, 9.17) is 0 Å². The molecular formula is C25H22FN3O2. The van der Waals surface area contributed by atoms with Crippen LogP contribution in [0.15, 0.2) is 84.8 Å². The first-order valence-corrected chi connectivity index (χ1v) is 10.1. The van der Waals surface area contributed by atoms with E-state index < -0.39 is 5.82 Å². The Bertz CT molecular complexity index is 1110. The molecule has 0 N–H and O–H groups in total. The van der Waals surface area contributed by atoms with Gasteiger partial charge in [0.2, 0.25) is 0 Å². The van der Waals surface area contributed by atoms with Gasteiger partial charge in [-0.1, -0.05) is 48.5 Å². The van der Waals surface area contributed by atoms with E-state index in [0.29, 0.717) is 29.9 Å². The predicted octanol–water partition coefficient (Wildman–Crippen LogP) is 4.02. The highest BCUT2D eigenvalue weighted by Gasteiger charge is 2.41. The highest BCUT2D eigenvalue weighted by Crippen LogP contribution is 2.33. The lowest BCUT2D eigenvalue weighted by Gasteiger charge is -2.25. The third kappa shape index (κ3) is 4.23. The summed E-state index contributed by atoms with van der Waals surface area (Å²) in [5.74, 6) is -1.14. The predicted molar refractivity (Wildman–Crippen MR) is 116 cm³/mol. The largest absolute Gasteiger partial charge is 0.362 e. The number of likely N-dealkylation sites (N-methyl/N-ethyl adjacent to an activating group) is 1. The number of benzene rings is 2. The number of aromatic nitrogens is 1. The minimum Gasteiger partial charge on any atom is -0.362 e. The second-order valence-corrected chi connectivity index (χ2v) is 7.29. The van der Waals surface area contributed by atoms with E-state index >= 15 is 0 Å². The van der Waals surface area contributed by atoms with Gasteiger partial charge in [-0.15, -0.1) is 0 Å². The minimum atomic E-state index is -0.397. The molecule has 31 heavy (non-hydrogen) atoms. The van der Waals surface area contributed by atoms with Crippen LogP contribution in [0.1, 0.15) is 23.6 Å². The molecule has 0 bridgehead atoms. The maximum atomic E-state index is 13.5. The molecule has 0 aliphatic carbocycles. The summed E-state index contributed by atoms with van der Waals surface area (Å²) in [6.45, 7) is 3.09. The van der Waals surface area contributed by atoms with Crippen molar-refractivity contribution in [2.75, 3.05) is 6.54 Å². The van der Waals surface area contributed by atoms with Gasteiger partial charge >= 0.3 is 0 Å². The van der Waals surface area contributed by atoms with Crippen molar-refractivity contribution in [2.24, 2.45) is 0 Å². The van der Waals surface area contributed by atoms with E-state index in [1.54, 1.807) is 30.6 Å². The summed E-state index contributed by atoms with van der Waals surface area (Å²) < 4.78 is 13.5. The SMILES string of the molecule is CCN(Cc1ccccc1)C1=C(c2ccc(F)cc2)C(=O)N(Cc2cccnc2)C1=O. The molecule has 2 heterocycles. The van der Waals surface area contributed by atoms with Gasteiger partial charge in [-0.25, -0.2) is 4.39 Å². The second kappa shape index (κ2) is 8.92. The Labute approximate surface area is 180 Å². The number of hydrogen-bond donors (Lipinski definition) is 0. The van der Waals surface area contributed by atoms with Crippen LogP contribution in [0.3, 0.4) is 0 Å². The van der Waals surface area contributed by atoms with Crippen molar-refractivity contribution in [2.45, 2.75) is 20.0 Å². The molecule has 0 unspecified atom stereocenters. The van der Waals surface area contributed by atoms with Crippen LogP contribution in [0.25, 0.3) is 5.57 Å². The summed E-state index contributed by atoms with van der Waals surface area (Å²) in [5.41, 5.74) is 2.95. The highest BCUT2D eigenvalue weighted by molar-refractivity contribution is 6.35. The van der Waals surface area contributed by atoms with Gasteiger partial charge in [-0.05, 0) is 41.8 Å².